The zero-order valence-corrected chi connectivity index (χ0v) is 6.60. The molecule has 0 spiro atoms. The van der Waals surface area contributed by atoms with E-state index >= 15 is 0 Å². The summed E-state index contributed by atoms with van der Waals surface area (Å²) in [5, 5.41) is 17.9. The summed E-state index contributed by atoms with van der Waals surface area (Å²) in [6.07, 6.45) is 0.333. The molecule has 1 heterocycles. The van der Waals surface area contributed by atoms with Crippen LogP contribution < -0.4 is 5.32 Å². The van der Waals surface area contributed by atoms with Gasteiger partial charge in [-0.3, -0.25) is 5.32 Å². The maximum atomic E-state index is 10.7. The van der Waals surface area contributed by atoms with Crippen LogP contribution in [0, 0.1) is 10.1 Å². The average molecular weight is 186 g/mol. The highest BCUT2D eigenvalue weighted by atomic mass is 16.6. The van der Waals surface area contributed by atoms with E-state index < -0.39 is 11.0 Å². The van der Waals surface area contributed by atoms with Crippen LogP contribution in [0.3, 0.4) is 0 Å². The number of aromatic nitrogens is 2. The molecule has 0 unspecified atom stereocenters. The molecule has 0 aromatic carbocycles. The van der Waals surface area contributed by atoms with Crippen LogP contribution in [0.4, 0.5) is 16.3 Å². The van der Waals surface area contributed by atoms with Crippen LogP contribution in [0.5, 0.6) is 0 Å². The Hall–Kier alpha value is -2.12. The summed E-state index contributed by atoms with van der Waals surface area (Å²) in [6, 6.07) is 0. The minimum atomic E-state index is -0.787. The lowest BCUT2D eigenvalue weighted by Gasteiger charge is -1.99. The highest BCUT2D eigenvalue weighted by Gasteiger charge is 2.16. The Bertz CT molecular complexity index is 333. The Morgan fingerprint density at radius 1 is 1.85 bits per heavy atom. The number of hydrogen-bond acceptors (Lipinski definition) is 5. The standard InChI is InChI=1S/C5H6N4O4/c1-13-5(10)7-3-2-6-8-4(3)9(11)12/h2H,1H3,(H,6,8)(H,7,10). The van der Waals surface area contributed by atoms with Gasteiger partial charge in [0.15, 0.2) is 5.69 Å². The lowest BCUT2D eigenvalue weighted by atomic mass is 10.5. The lowest BCUT2D eigenvalue weighted by molar-refractivity contribution is -0.388. The lowest BCUT2D eigenvalue weighted by Crippen LogP contribution is -2.11. The molecule has 0 radical (unpaired) electrons. The van der Waals surface area contributed by atoms with Crippen molar-refractivity contribution in [1.82, 2.24) is 10.2 Å². The van der Waals surface area contributed by atoms with E-state index in [-0.39, 0.29) is 11.5 Å². The average Bonchev–Trinajstić information content (AvgIpc) is 2.52. The summed E-state index contributed by atoms with van der Waals surface area (Å²) in [5.41, 5.74) is -0.0307. The van der Waals surface area contributed by atoms with Gasteiger partial charge in [-0.05, 0) is 4.92 Å². The molecule has 8 heteroatoms. The summed E-state index contributed by atoms with van der Waals surface area (Å²) in [5.74, 6) is -0.384. The van der Waals surface area contributed by atoms with E-state index in [1.54, 1.807) is 0 Å². The number of H-pyrrole nitrogens is 1. The summed E-state index contributed by atoms with van der Waals surface area (Å²) in [6.45, 7) is 0. The van der Waals surface area contributed by atoms with Gasteiger partial charge < -0.3 is 14.9 Å². The van der Waals surface area contributed by atoms with Gasteiger partial charge in [0, 0.05) is 0 Å². The van der Waals surface area contributed by atoms with E-state index in [0.29, 0.717) is 0 Å². The molecular weight excluding hydrogens is 180 g/mol. The fourth-order valence-corrected chi connectivity index (χ4v) is 0.671. The third-order valence-electron chi connectivity index (χ3n) is 1.22. The van der Waals surface area contributed by atoms with Crippen molar-refractivity contribution in [1.29, 1.82) is 0 Å². The van der Waals surface area contributed by atoms with Crippen molar-refractivity contribution >= 4 is 17.6 Å². The van der Waals surface area contributed by atoms with Gasteiger partial charge in [-0.2, -0.15) is 0 Å². The molecule has 0 fully saturated rings. The summed E-state index contributed by atoms with van der Waals surface area (Å²) in [7, 11) is 1.15. The molecule has 0 aliphatic carbocycles. The first-order valence-corrected chi connectivity index (χ1v) is 3.18. The zero-order valence-electron chi connectivity index (χ0n) is 6.60. The van der Waals surface area contributed by atoms with Gasteiger partial charge in [0.25, 0.3) is 0 Å². The predicted octanol–water partition coefficient (Wildman–Crippen LogP) is 0.496. The van der Waals surface area contributed by atoms with Crippen LogP contribution in [0.25, 0.3) is 0 Å². The van der Waals surface area contributed by atoms with Crippen molar-refractivity contribution < 1.29 is 14.5 Å². The van der Waals surface area contributed by atoms with Crippen LogP contribution in [0.1, 0.15) is 0 Å². The maximum Gasteiger partial charge on any atom is 0.411 e. The Morgan fingerprint density at radius 3 is 3.08 bits per heavy atom. The van der Waals surface area contributed by atoms with E-state index in [4.69, 9.17) is 0 Å². The molecule has 0 atom stereocenters. The van der Waals surface area contributed by atoms with E-state index in [1.165, 1.54) is 0 Å². The maximum absolute atomic E-state index is 10.7. The zero-order chi connectivity index (χ0) is 9.84. The monoisotopic (exact) mass is 186 g/mol. The highest BCUT2D eigenvalue weighted by molar-refractivity contribution is 5.86. The number of aromatic amines is 1. The minimum Gasteiger partial charge on any atom is -0.453 e. The number of anilines is 1. The first-order valence-electron chi connectivity index (χ1n) is 3.18. The minimum absolute atomic E-state index is 0.0307. The fraction of sp³-hybridized carbons (Fsp3) is 0.200. The van der Waals surface area contributed by atoms with Crippen LogP contribution >= 0.6 is 0 Å². The second-order valence-electron chi connectivity index (χ2n) is 2.01. The fourth-order valence-electron chi connectivity index (χ4n) is 0.671. The number of carbonyl (C=O) groups is 1. The number of rotatable bonds is 2. The number of nitrogens with one attached hydrogen (secondary N) is 2. The number of methoxy groups -OCH3 is 1. The predicted molar refractivity (Wildman–Crippen MR) is 41.3 cm³/mol. The van der Waals surface area contributed by atoms with Crippen molar-refractivity contribution in [2.45, 2.75) is 0 Å². The Labute approximate surface area is 72.0 Å². The van der Waals surface area contributed by atoms with Crippen LogP contribution in [0.15, 0.2) is 6.20 Å². The van der Waals surface area contributed by atoms with Gasteiger partial charge >= 0.3 is 11.9 Å². The SMILES string of the molecule is COC(=O)Nc1cn[nH]c1[N+](=O)[O-]. The summed E-state index contributed by atoms with van der Waals surface area (Å²) in [4.78, 5) is 20.3. The van der Waals surface area contributed by atoms with E-state index in [9.17, 15) is 14.9 Å². The smallest absolute Gasteiger partial charge is 0.411 e. The molecule has 0 saturated carbocycles. The Morgan fingerprint density at radius 2 is 2.54 bits per heavy atom. The third-order valence-corrected chi connectivity index (χ3v) is 1.22. The first kappa shape index (κ1) is 8.97. The Kier molecular flexibility index (Phi) is 2.43. The normalized spacial score (nSPS) is 9.31. The Balaban J connectivity index is 2.82. The molecule has 8 nitrogen and oxygen atoms in total. The van der Waals surface area contributed by atoms with Crippen molar-refractivity contribution in [3.8, 4) is 0 Å². The molecule has 1 rings (SSSR count). The number of carbonyl (C=O) groups excluding carboxylic acids is 1. The molecule has 13 heavy (non-hydrogen) atoms. The number of nitro groups is 1. The molecule has 1 amide bonds. The van der Waals surface area contributed by atoms with Crippen LogP contribution in [-0.2, 0) is 4.74 Å². The van der Waals surface area contributed by atoms with Crippen molar-refractivity contribution in [3.63, 3.8) is 0 Å². The van der Waals surface area contributed by atoms with E-state index in [0.717, 1.165) is 13.3 Å². The topological polar surface area (TPSA) is 110 Å². The van der Waals surface area contributed by atoms with Gasteiger partial charge in [-0.1, -0.05) is 5.10 Å². The first-order chi connectivity index (χ1) is 6.15. The van der Waals surface area contributed by atoms with Gasteiger partial charge in [0.2, 0.25) is 0 Å². The number of amides is 1. The molecule has 0 aliphatic rings. The summed E-state index contributed by atoms with van der Waals surface area (Å²) < 4.78 is 4.24. The quantitative estimate of drug-likeness (QED) is 0.516. The second-order valence-corrected chi connectivity index (χ2v) is 2.01. The molecule has 70 valence electrons. The molecule has 0 aliphatic heterocycles. The van der Waals surface area contributed by atoms with E-state index in [1.807, 2.05) is 0 Å². The number of ether oxygens (including phenoxy) is 1. The van der Waals surface area contributed by atoms with Gasteiger partial charge in [-0.25, -0.2) is 4.79 Å². The molecule has 1 aromatic heterocycles. The molecule has 0 saturated heterocycles. The highest BCUT2D eigenvalue weighted by Crippen LogP contribution is 2.19. The second kappa shape index (κ2) is 3.52. The molecule has 1 aromatic rings. The molecule has 0 bridgehead atoms. The van der Waals surface area contributed by atoms with E-state index in [2.05, 4.69) is 20.3 Å². The van der Waals surface area contributed by atoms with Gasteiger partial charge in [0.1, 0.15) is 6.20 Å². The largest absolute Gasteiger partial charge is 0.453 e. The molecular formula is C5H6N4O4. The van der Waals surface area contributed by atoms with Crippen molar-refractivity contribution in [3.05, 3.63) is 16.3 Å². The summed E-state index contributed by atoms with van der Waals surface area (Å²) >= 11 is 0. The molecule has 2 N–H and O–H groups in total. The van der Waals surface area contributed by atoms with Crippen LogP contribution in [0.2, 0.25) is 0 Å². The third kappa shape index (κ3) is 1.92. The van der Waals surface area contributed by atoms with Crippen LogP contribution in [-0.4, -0.2) is 28.3 Å². The van der Waals surface area contributed by atoms with Crippen molar-refractivity contribution in [2.24, 2.45) is 0 Å². The van der Waals surface area contributed by atoms with Gasteiger partial charge in [-0.15, -0.1) is 5.10 Å². The number of nitrogens with zero attached hydrogens (tertiary/aromatic N) is 2. The van der Waals surface area contributed by atoms with Gasteiger partial charge in [0.05, 0.1) is 7.11 Å². The van der Waals surface area contributed by atoms with Crippen molar-refractivity contribution in [2.75, 3.05) is 12.4 Å². The number of hydrogen-bond donors (Lipinski definition) is 2.